The first-order valence-corrected chi connectivity index (χ1v) is 7.51. The van der Waals surface area contributed by atoms with Crippen LogP contribution in [0.2, 0.25) is 0 Å². The second-order valence-electron chi connectivity index (χ2n) is 5.23. The van der Waals surface area contributed by atoms with Crippen molar-refractivity contribution >= 4 is 21.6 Å². The Morgan fingerprint density at radius 3 is 2.35 bits per heavy atom. The lowest BCUT2D eigenvalue weighted by molar-refractivity contribution is 0.199. The number of aliphatic hydroxyl groups is 1. The largest absolute Gasteiger partial charge is 0.389 e. The van der Waals surface area contributed by atoms with E-state index < -0.39 is 6.10 Å². The number of benzene rings is 2. The fourth-order valence-corrected chi connectivity index (χ4v) is 2.84. The van der Waals surface area contributed by atoms with E-state index in [9.17, 15) is 5.11 Å². The van der Waals surface area contributed by atoms with Crippen molar-refractivity contribution in [2.45, 2.75) is 26.5 Å². The van der Waals surface area contributed by atoms with E-state index in [-0.39, 0.29) is 0 Å². The summed E-state index contributed by atoms with van der Waals surface area (Å²) in [6.45, 7) is 4.73. The van der Waals surface area contributed by atoms with E-state index in [0.29, 0.717) is 0 Å². The summed E-state index contributed by atoms with van der Waals surface area (Å²) in [5.74, 6) is 0. The minimum atomic E-state index is -0.442. The Labute approximate surface area is 129 Å². The lowest BCUT2D eigenvalue weighted by atomic mass is 10.1. The van der Waals surface area contributed by atoms with Crippen LogP contribution in [0.5, 0.6) is 0 Å². The molecule has 0 saturated heterocycles. The van der Waals surface area contributed by atoms with Crippen LogP contribution in [0.1, 0.15) is 29.7 Å². The highest BCUT2D eigenvalue weighted by molar-refractivity contribution is 9.10. The molecule has 3 heteroatoms. The summed E-state index contributed by atoms with van der Waals surface area (Å²) in [4.78, 5) is 2.20. The maximum atomic E-state index is 9.60. The van der Waals surface area contributed by atoms with Gasteiger partial charge in [-0.3, -0.25) is 0 Å². The highest BCUT2D eigenvalue weighted by Gasteiger charge is 2.09. The summed E-state index contributed by atoms with van der Waals surface area (Å²) in [5, 5.41) is 9.60. The normalized spacial score (nSPS) is 12.2. The molecular weight excluding hydrogens is 314 g/mol. The molecule has 0 heterocycles. The zero-order chi connectivity index (χ0) is 14.7. The molecule has 0 aromatic heterocycles. The number of rotatable bonds is 4. The van der Waals surface area contributed by atoms with Gasteiger partial charge in [-0.15, -0.1) is 0 Å². The van der Waals surface area contributed by atoms with Gasteiger partial charge in [0.2, 0.25) is 0 Å². The van der Waals surface area contributed by atoms with Crippen LogP contribution < -0.4 is 4.90 Å². The van der Waals surface area contributed by atoms with Crippen molar-refractivity contribution in [3.8, 4) is 0 Å². The number of halogens is 1. The van der Waals surface area contributed by atoms with Crippen molar-refractivity contribution in [1.29, 1.82) is 0 Å². The zero-order valence-corrected chi connectivity index (χ0v) is 13.7. The summed E-state index contributed by atoms with van der Waals surface area (Å²) in [5.41, 5.74) is 4.60. The first-order chi connectivity index (χ1) is 9.47. The van der Waals surface area contributed by atoms with E-state index in [2.05, 4.69) is 59.1 Å². The average Bonchev–Trinajstić information content (AvgIpc) is 2.41. The number of nitrogens with zero attached hydrogens (tertiary/aromatic N) is 1. The molecule has 0 radical (unpaired) electrons. The Hall–Kier alpha value is -1.32. The maximum Gasteiger partial charge on any atom is 0.0762 e. The molecule has 2 aromatic carbocycles. The quantitative estimate of drug-likeness (QED) is 0.893. The molecule has 0 aliphatic carbocycles. The summed E-state index contributed by atoms with van der Waals surface area (Å²) in [6.07, 6.45) is -0.442. The van der Waals surface area contributed by atoms with E-state index in [1.54, 1.807) is 6.92 Å². The topological polar surface area (TPSA) is 23.5 Å². The Bertz CT molecular complexity index is 578. The first kappa shape index (κ1) is 15.1. The van der Waals surface area contributed by atoms with Crippen molar-refractivity contribution in [1.82, 2.24) is 0 Å². The van der Waals surface area contributed by atoms with Gasteiger partial charge in [-0.2, -0.15) is 0 Å². The second kappa shape index (κ2) is 6.42. The monoisotopic (exact) mass is 333 g/mol. The van der Waals surface area contributed by atoms with Gasteiger partial charge in [0.25, 0.3) is 0 Å². The molecule has 2 rings (SSSR count). The lowest BCUT2D eigenvalue weighted by Crippen LogP contribution is -2.17. The molecule has 1 atom stereocenters. The van der Waals surface area contributed by atoms with Crippen molar-refractivity contribution in [3.05, 3.63) is 63.6 Å². The first-order valence-electron chi connectivity index (χ1n) is 6.71. The molecule has 1 N–H and O–H groups in total. The Morgan fingerprint density at radius 2 is 1.80 bits per heavy atom. The van der Waals surface area contributed by atoms with Gasteiger partial charge in [0.15, 0.2) is 0 Å². The third-order valence-electron chi connectivity index (χ3n) is 3.41. The smallest absolute Gasteiger partial charge is 0.0762 e. The molecule has 2 aromatic rings. The summed E-state index contributed by atoms with van der Waals surface area (Å²) in [7, 11) is 2.07. The summed E-state index contributed by atoms with van der Waals surface area (Å²) in [6, 6.07) is 14.6. The highest BCUT2D eigenvalue weighted by atomic mass is 79.9. The van der Waals surface area contributed by atoms with E-state index in [1.165, 1.54) is 11.1 Å². The van der Waals surface area contributed by atoms with Crippen molar-refractivity contribution < 1.29 is 5.11 Å². The SMILES string of the molecule is Cc1ccc(CN(C)c2ccc([C@H](C)O)cc2Br)cc1. The maximum absolute atomic E-state index is 9.60. The predicted molar refractivity (Wildman–Crippen MR) is 88.1 cm³/mol. The molecule has 0 saturated carbocycles. The zero-order valence-electron chi connectivity index (χ0n) is 12.1. The van der Waals surface area contributed by atoms with E-state index in [1.807, 2.05) is 18.2 Å². The van der Waals surface area contributed by atoms with Crippen LogP contribution in [-0.2, 0) is 6.54 Å². The second-order valence-corrected chi connectivity index (χ2v) is 6.08. The van der Waals surface area contributed by atoms with Crippen molar-refractivity contribution in [2.75, 3.05) is 11.9 Å². The van der Waals surface area contributed by atoms with E-state index in [4.69, 9.17) is 0 Å². The minimum Gasteiger partial charge on any atom is -0.389 e. The van der Waals surface area contributed by atoms with Gasteiger partial charge in [0, 0.05) is 18.1 Å². The Kier molecular flexibility index (Phi) is 4.84. The van der Waals surface area contributed by atoms with E-state index >= 15 is 0 Å². The van der Waals surface area contributed by atoms with Gasteiger partial charge in [-0.25, -0.2) is 0 Å². The standard InChI is InChI=1S/C17H20BrNO/c1-12-4-6-14(7-5-12)11-19(3)17-9-8-15(13(2)20)10-16(17)18/h4-10,13,20H,11H2,1-3H3/t13-/m0/s1. The number of hydrogen-bond acceptors (Lipinski definition) is 2. The summed E-state index contributed by atoms with van der Waals surface area (Å²) < 4.78 is 1.01. The van der Waals surface area contributed by atoms with Crippen LogP contribution in [-0.4, -0.2) is 12.2 Å². The lowest BCUT2D eigenvalue weighted by Gasteiger charge is -2.22. The third kappa shape index (κ3) is 3.62. The van der Waals surface area contributed by atoms with Crippen LogP contribution in [0.4, 0.5) is 5.69 Å². The van der Waals surface area contributed by atoms with Crippen LogP contribution in [0.15, 0.2) is 46.9 Å². The molecule has 0 unspecified atom stereocenters. The average molecular weight is 334 g/mol. The van der Waals surface area contributed by atoms with Gasteiger partial charge in [-0.05, 0) is 53.0 Å². The van der Waals surface area contributed by atoms with Gasteiger partial charge >= 0.3 is 0 Å². The molecule has 0 spiro atoms. The van der Waals surface area contributed by atoms with Gasteiger partial charge in [0.1, 0.15) is 0 Å². The van der Waals surface area contributed by atoms with Gasteiger partial charge in [0.05, 0.1) is 11.8 Å². The molecule has 0 aliphatic rings. The number of anilines is 1. The molecule has 0 amide bonds. The number of aryl methyl sites for hydroxylation is 1. The fourth-order valence-electron chi connectivity index (χ4n) is 2.15. The van der Waals surface area contributed by atoms with Crippen LogP contribution in [0.3, 0.4) is 0 Å². The molecule has 0 fully saturated rings. The number of aliphatic hydroxyl groups excluding tert-OH is 1. The van der Waals surface area contributed by atoms with Gasteiger partial charge in [-0.1, -0.05) is 35.9 Å². The van der Waals surface area contributed by atoms with Crippen LogP contribution in [0.25, 0.3) is 0 Å². The highest BCUT2D eigenvalue weighted by Crippen LogP contribution is 2.29. The minimum absolute atomic E-state index is 0.442. The molecule has 106 valence electrons. The van der Waals surface area contributed by atoms with Crippen molar-refractivity contribution in [3.63, 3.8) is 0 Å². The summed E-state index contributed by atoms with van der Waals surface area (Å²) >= 11 is 3.59. The number of hydrogen-bond donors (Lipinski definition) is 1. The predicted octanol–water partition coefficient (Wildman–Crippen LogP) is 4.45. The fraction of sp³-hybridized carbons (Fsp3) is 0.294. The molecular formula is C17H20BrNO. The molecule has 20 heavy (non-hydrogen) atoms. The Balaban J connectivity index is 2.16. The molecule has 0 aliphatic heterocycles. The van der Waals surface area contributed by atoms with Crippen LogP contribution in [0, 0.1) is 6.92 Å². The Morgan fingerprint density at radius 1 is 1.15 bits per heavy atom. The third-order valence-corrected chi connectivity index (χ3v) is 4.04. The van der Waals surface area contributed by atoms with Crippen LogP contribution >= 0.6 is 15.9 Å². The van der Waals surface area contributed by atoms with E-state index in [0.717, 1.165) is 22.3 Å². The van der Waals surface area contributed by atoms with Gasteiger partial charge < -0.3 is 10.0 Å². The molecule has 2 nitrogen and oxygen atoms in total. The molecule has 0 bridgehead atoms. The van der Waals surface area contributed by atoms with Crippen molar-refractivity contribution in [2.24, 2.45) is 0 Å².